The average molecular weight is 403 g/mol. The Kier molecular flexibility index (Phi) is 3.84. The van der Waals surface area contributed by atoms with Gasteiger partial charge in [-0.15, -0.1) is 0 Å². The third kappa shape index (κ3) is 2.42. The van der Waals surface area contributed by atoms with Gasteiger partial charge in [-0.2, -0.15) is 0 Å². The molecule has 6 bridgehead atoms. The number of carbonyl (C=O) groups is 1. The maximum Gasteiger partial charge on any atom is 0.257 e. The zero-order valence-electron chi connectivity index (χ0n) is 15.9. The molecule has 6 heterocycles. The third-order valence-corrected chi connectivity index (χ3v) is 5.45. The highest BCUT2D eigenvalue weighted by atomic mass is 16.7. The van der Waals surface area contributed by atoms with Crippen LogP contribution >= 0.6 is 0 Å². The molecule has 3 aliphatic heterocycles. The summed E-state index contributed by atoms with van der Waals surface area (Å²) in [5, 5.41) is 0. The summed E-state index contributed by atoms with van der Waals surface area (Å²) in [5.74, 6) is -2.93. The van der Waals surface area contributed by atoms with Crippen LogP contribution in [0.2, 0.25) is 0 Å². The van der Waals surface area contributed by atoms with E-state index in [4.69, 9.17) is 23.9 Å². The predicted octanol–water partition coefficient (Wildman–Crippen LogP) is 1.91. The van der Waals surface area contributed by atoms with E-state index in [-0.39, 0.29) is 17.2 Å². The molecular formula is C22H17N3O5. The van der Waals surface area contributed by atoms with Gasteiger partial charge in [0.1, 0.15) is 34.2 Å². The lowest BCUT2D eigenvalue weighted by molar-refractivity contribution is -0.144. The molecule has 2 saturated heterocycles. The number of pyridine rings is 3. The van der Waals surface area contributed by atoms with Crippen LogP contribution in [-0.2, 0) is 30.5 Å². The van der Waals surface area contributed by atoms with Crippen LogP contribution in [0.15, 0.2) is 54.6 Å². The maximum atomic E-state index is 13.2. The Morgan fingerprint density at radius 2 is 0.933 bits per heavy atom. The second-order valence-corrected chi connectivity index (χ2v) is 7.18. The number of rotatable bonds is 0. The van der Waals surface area contributed by atoms with Crippen molar-refractivity contribution in [3.63, 3.8) is 0 Å². The number of fused-ring (bicyclic) bond motifs is 10. The molecule has 0 saturated carbocycles. The largest absolute Gasteiger partial charge is 0.337 e. The first-order chi connectivity index (χ1) is 14.7. The van der Waals surface area contributed by atoms with Crippen molar-refractivity contribution in [2.75, 3.05) is 26.4 Å². The Labute approximate surface area is 171 Å². The molecule has 0 radical (unpaired) electrons. The first-order valence-electron chi connectivity index (χ1n) is 9.75. The fraction of sp³-hybridized carbons (Fsp3) is 0.273. The summed E-state index contributed by atoms with van der Waals surface area (Å²) in [6, 6.07) is 15.8. The smallest absolute Gasteiger partial charge is 0.257 e. The number of aromatic nitrogens is 3. The molecule has 3 aliphatic rings. The van der Waals surface area contributed by atoms with Crippen molar-refractivity contribution in [2.45, 2.75) is 11.6 Å². The topological polar surface area (TPSA) is 92.7 Å². The highest BCUT2D eigenvalue weighted by Crippen LogP contribution is 2.41. The molecule has 3 aromatic heterocycles. The van der Waals surface area contributed by atoms with Crippen LogP contribution in [0.3, 0.4) is 0 Å². The fourth-order valence-corrected chi connectivity index (χ4v) is 4.10. The molecule has 8 nitrogen and oxygen atoms in total. The molecule has 0 N–H and O–H groups in total. The summed E-state index contributed by atoms with van der Waals surface area (Å²) >= 11 is 0. The normalized spacial score (nSPS) is 20.9. The van der Waals surface area contributed by atoms with Gasteiger partial charge in [0.25, 0.3) is 11.6 Å². The second-order valence-electron chi connectivity index (χ2n) is 7.18. The van der Waals surface area contributed by atoms with Gasteiger partial charge in [0.05, 0.1) is 26.4 Å². The third-order valence-electron chi connectivity index (χ3n) is 5.45. The summed E-state index contributed by atoms with van der Waals surface area (Å²) in [4.78, 5) is 27.2. The molecule has 2 fully saturated rings. The summed E-state index contributed by atoms with van der Waals surface area (Å²) in [7, 11) is 0. The highest BCUT2D eigenvalue weighted by molar-refractivity contribution is 6.06. The van der Waals surface area contributed by atoms with Crippen molar-refractivity contribution < 1.29 is 23.7 Å². The van der Waals surface area contributed by atoms with Gasteiger partial charge < -0.3 is 18.9 Å². The number of hydrogen-bond acceptors (Lipinski definition) is 8. The predicted molar refractivity (Wildman–Crippen MR) is 102 cm³/mol. The summed E-state index contributed by atoms with van der Waals surface area (Å²) in [6.07, 6.45) is 0. The van der Waals surface area contributed by atoms with Crippen LogP contribution in [0.4, 0.5) is 0 Å². The minimum Gasteiger partial charge on any atom is -0.337 e. The van der Waals surface area contributed by atoms with Crippen molar-refractivity contribution in [2.24, 2.45) is 0 Å². The highest BCUT2D eigenvalue weighted by Gasteiger charge is 2.48. The Bertz CT molecular complexity index is 1070. The van der Waals surface area contributed by atoms with Gasteiger partial charge >= 0.3 is 0 Å². The number of carbonyl (C=O) groups excluding carboxylic acids is 1. The standard InChI is InChI=1S/C22H17N3O5/c26-20-14-4-1-6-16(23-14)21(27-10-11-28-21)18-8-3-9-19(25-18)22(29-12-13-30-22)17-7-2-5-15(20)24-17/h1-9H,10-13H2. The SMILES string of the molecule is O=C1c2cccc(n2)C2(OCCO2)c2cccc(n2)C2(OCCO2)c2cccc1n2. The van der Waals surface area contributed by atoms with E-state index in [1.807, 2.05) is 18.2 Å². The molecular weight excluding hydrogens is 386 g/mol. The number of ketones is 1. The van der Waals surface area contributed by atoms with E-state index in [9.17, 15) is 4.79 Å². The van der Waals surface area contributed by atoms with Crippen molar-refractivity contribution >= 4 is 5.78 Å². The van der Waals surface area contributed by atoms with Gasteiger partial charge in [-0.1, -0.05) is 18.2 Å². The Morgan fingerprint density at radius 1 is 0.567 bits per heavy atom. The van der Waals surface area contributed by atoms with Gasteiger partial charge in [0.15, 0.2) is 0 Å². The van der Waals surface area contributed by atoms with Gasteiger partial charge in [0, 0.05) is 0 Å². The van der Waals surface area contributed by atoms with E-state index in [1.54, 1.807) is 36.4 Å². The minimum absolute atomic E-state index is 0.245. The molecule has 0 unspecified atom stereocenters. The van der Waals surface area contributed by atoms with E-state index < -0.39 is 11.6 Å². The van der Waals surface area contributed by atoms with Gasteiger partial charge in [-0.05, 0) is 36.4 Å². The molecule has 0 aliphatic carbocycles. The first-order valence-corrected chi connectivity index (χ1v) is 9.75. The number of nitrogens with zero attached hydrogens (tertiary/aromatic N) is 3. The lowest BCUT2D eigenvalue weighted by Crippen LogP contribution is -2.36. The zero-order chi connectivity index (χ0) is 20.2. The van der Waals surface area contributed by atoms with E-state index in [0.29, 0.717) is 49.2 Å². The van der Waals surface area contributed by atoms with Crippen LogP contribution in [0.5, 0.6) is 0 Å². The minimum atomic E-state index is -1.31. The lowest BCUT2D eigenvalue weighted by Gasteiger charge is -2.30. The lowest BCUT2D eigenvalue weighted by atomic mass is 10.0. The monoisotopic (exact) mass is 403 g/mol. The Morgan fingerprint density at radius 3 is 1.37 bits per heavy atom. The van der Waals surface area contributed by atoms with Crippen LogP contribution in [-0.4, -0.2) is 47.2 Å². The molecule has 6 rings (SSSR count). The van der Waals surface area contributed by atoms with Crippen LogP contribution < -0.4 is 0 Å². The Hall–Kier alpha value is -3.04. The van der Waals surface area contributed by atoms with Gasteiger partial charge in [-0.3, -0.25) is 4.79 Å². The molecule has 0 aromatic carbocycles. The second kappa shape index (κ2) is 6.48. The molecule has 0 atom stereocenters. The van der Waals surface area contributed by atoms with Crippen molar-refractivity contribution in [3.8, 4) is 0 Å². The molecule has 2 spiro atoms. The first kappa shape index (κ1) is 17.8. The summed E-state index contributed by atoms with van der Waals surface area (Å²) in [6.45, 7) is 1.52. The number of hydrogen-bond donors (Lipinski definition) is 0. The molecule has 150 valence electrons. The summed E-state index contributed by atoms with van der Waals surface area (Å²) < 4.78 is 24.2. The van der Waals surface area contributed by atoms with Crippen LogP contribution in [0.1, 0.15) is 39.0 Å². The maximum absolute atomic E-state index is 13.2. The van der Waals surface area contributed by atoms with E-state index in [2.05, 4.69) is 9.97 Å². The Balaban J connectivity index is 1.69. The van der Waals surface area contributed by atoms with Gasteiger partial charge in [-0.25, -0.2) is 15.0 Å². The van der Waals surface area contributed by atoms with E-state index >= 15 is 0 Å². The van der Waals surface area contributed by atoms with Crippen molar-refractivity contribution in [1.29, 1.82) is 0 Å². The summed E-state index contributed by atoms with van der Waals surface area (Å²) in [5.41, 5.74) is 2.41. The van der Waals surface area contributed by atoms with Gasteiger partial charge in [0.2, 0.25) is 5.78 Å². The molecule has 3 aromatic rings. The quantitative estimate of drug-likeness (QED) is 0.562. The number of ether oxygens (including phenoxy) is 4. The van der Waals surface area contributed by atoms with E-state index in [0.717, 1.165) is 0 Å². The van der Waals surface area contributed by atoms with Crippen molar-refractivity contribution in [3.05, 3.63) is 88.8 Å². The van der Waals surface area contributed by atoms with E-state index in [1.165, 1.54) is 0 Å². The van der Waals surface area contributed by atoms with Crippen LogP contribution in [0, 0.1) is 0 Å². The fourth-order valence-electron chi connectivity index (χ4n) is 4.10. The average Bonchev–Trinajstić information content (AvgIpc) is 3.50. The molecule has 30 heavy (non-hydrogen) atoms. The van der Waals surface area contributed by atoms with Crippen molar-refractivity contribution in [1.82, 2.24) is 15.0 Å². The zero-order valence-corrected chi connectivity index (χ0v) is 15.9. The molecule has 0 amide bonds. The van der Waals surface area contributed by atoms with Crippen LogP contribution in [0.25, 0.3) is 0 Å². The molecule has 8 heteroatoms.